The second-order valence-corrected chi connectivity index (χ2v) is 5.02. The molecular formula is C19H14N2. The first kappa shape index (κ1) is 11.9. The van der Waals surface area contributed by atoms with Gasteiger partial charge in [0.2, 0.25) is 0 Å². The Morgan fingerprint density at radius 2 is 1.33 bits per heavy atom. The van der Waals surface area contributed by atoms with E-state index >= 15 is 0 Å². The molecule has 0 aliphatic heterocycles. The molecule has 2 heteroatoms. The lowest BCUT2D eigenvalue weighted by Gasteiger charge is -2.09. The lowest BCUT2D eigenvalue weighted by atomic mass is 10.0. The van der Waals surface area contributed by atoms with Crippen LogP contribution in [-0.2, 0) is 0 Å². The van der Waals surface area contributed by atoms with E-state index < -0.39 is 0 Å². The van der Waals surface area contributed by atoms with Crippen molar-refractivity contribution in [3.8, 4) is 22.4 Å². The highest BCUT2D eigenvalue weighted by Gasteiger charge is 2.07. The molecule has 2 heterocycles. The van der Waals surface area contributed by atoms with Crippen molar-refractivity contribution in [2.75, 3.05) is 0 Å². The Balaban J connectivity index is 2.00. The Morgan fingerprint density at radius 3 is 2.05 bits per heavy atom. The van der Waals surface area contributed by atoms with E-state index in [1.54, 1.807) is 0 Å². The fraction of sp³-hybridized carbons (Fsp3) is 0. The van der Waals surface area contributed by atoms with Gasteiger partial charge >= 0.3 is 0 Å². The molecule has 100 valence electrons. The van der Waals surface area contributed by atoms with E-state index in [1.165, 1.54) is 16.7 Å². The smallest absolute Gasteiger partial charge is 0.137 e. The lowest BCUT2D eigenvalue weighted by Crippen LogP contribution is -1.92. The maximum atomic E-state index is 4.45. The first-order chi connectivity index (χ1) is 10.4. The molecule has 0 bridgehead atoms. The van der Waals surface area contributed by atoms with Gasteiger partial charge in [0.05, 0.1) is 5.69 Å². The van der Waals surface area contributed by atoms with E-state index in [0.29, 0.717) is 0 Å². The van der Waals surface area contributed by atoms with Crippen LogP contribution in [0.25, 0.3) is 28.0 Å². The number of imidazole rings is 1. The van der Waals surface area contributed by atoms with Crippen molar-refractivity contribution in [3.05, 3.63) is 85.2 Å². The summed E-state index contributed by atoms with van der Waals surface area (Å²) in [4.78, 5) is 4.45. The maximum Gasteiger partial charge on any atom is 0.137 e. The van der Waals surface area contributed by atoms with Gasteiger partial charge in [0.1, 0.15) is 5.65 Å². The summed E-state index contributed by atoms with van der Waals surface area (Å²) >= 11 is 0. The molecule has 0 atom stereocenters. The van der Waals surface area contributed by atoms with E-state index in [1.807, 2.05) is 24.5 Å². The highest BCUT2D eigenvalue weighted by molar-refractivity contribution is 5.75. The van der Waals surface area contributed by atoms with Gasteiger partial charge in [-0.25, -0.2) is 4.98 Å². The van der Waals surface area contributed by atoms with Gasteiger partial charge in [-0.3, -0.25) is 4.40 Å². The van der Waals surface area contributed by atoms with Crippen LogP contribution in [0.15, 0.2) is 85.2 Å². The van der Waals surface area contributed by atoms with E-state index in [9.17, 15) is 0 Å². The third kappa shape index (κ3) is 2.11. The normalized spacial score (nSPS) is 10.9. The fourth-order valence-electron chi connectivity index (χ4n) is 2.65. The van der Waals surface area contributed by atoms with Crippen LogP contribution < -0.4 is 0 Å². The van der Waals surface area contributed by atoms with Gasteiger partial charge in [0.25, 0.3) is 0 Å². The van der Waals surface area contributed by atoms with Crippen molar-refractivity contribution in [2.45, 2.75) is 0 Å². The number of fused-ring (bicyclic) bond motifs is 1. The van der Waals surface area contributed by atoms with Crippen LogP contribution in [0.4, 0.5) is 0 Å². The quantitative estimate of drug-likeness (QED) is 0.517. The van der Waals surface area contributed by atoms with Crippen LogP contribution >= 0.6 is 0 Å². The molecule has 2 aromatic carbocycles. The number of nitrogens with zero attached hydrogens (tertiary/aromatic N) is 2. The van der Waals surface area contributed by atoms with Crippen molar-refractivity contribution in [2.24, 2.45) is 0 Å². The predicted molar refractivity (Wildman–Crippen MR) is 86.1 cm³/mol. The number of pyridine rings is 1. The van der Waals surface area contributed by atoms with Crippen LogP contribution in [0.3, 0.4) is 0 Å². The zero-order chi connectivity index (χ0) is 14.1. The van der Waals surface area contributed by atoms with Gasteiger partial charge < -0.3 is 0 Å². The minimum Gasteiger partial charge on any atom is -0.300 e. The summed E-state index contributed by atoms with van der Waals surface area (Å²) in [5, 5.41) is 0. The van der Waals surface area contributed by atoms with Crippen LogP contribution in [0.5, 0.6) is 0 Å². The number of rotatable bonds is 2. The topological polar surface area (TPSA) is 17.3 Å². The lowest BCUT2D eigenvalue weighted by molar-refractivity contribution is 1.19. The number of benzene rings is 2. The monoisotopic (exact) mass is 270 g/mol. The van der Waals surface area contributed by atoms with Crippen LogP contribution in [0, 0.1) is 0 Å². The maximum absolute atomic E-state index is 4.45. The van der Waals surface area contributed by atoms with Crippen LogP contribution in [0.1, 0.15) is 0 Å². The van der Waals surface area contributed by atoms with Crippen molar-refractivity contribution in [1.29, 1.82) is 0 Å². The predicted octanol–water partition coefficient (Wildman–Crippen LogP) is 4.67. The molecule has 0 radical (unpaired) electrons. The van der Waals surface area contributed by atoms with Crippen molar-refractivity contribution < 1.29 is 0 Å². The summed E-state index contributed by atoms with van der Waals surface area (Å²) < 4.78 is 2.13. The van der Waals surface area contributed by atoms with E-state index in [-0.39, 0.29) is 0 Å². The Bertz CT molecular complexity index is 877. The number of hydrogen-bond donors (Lipinski definition) is 0. The molecule has 0 unspecified atom stereocenters. The van der Waals surface area contributed by atoms with Gasteiger partial charge in [-0.1, -0.05) is 60.7 Å². The first-order valence-corrected chi connectivity index (χ1v) is 7.00. The van der Waals surface area contributed by atoms with Crippen LogP contribution in [0.2, 0.25) is 0 Å². The molecule has 2 aromatic heterocycles. The van der Waals surface area contributed by atoms with Crippen LogP contribution in [-0.4, -0.2) is 9.38 Å². The van der Waals surface area contributed by atoms with Crippen molar-refractivity contribution in [1.82, 2.24) is 9.38 Å². The minimum atomic E-state index is 0.968. The highest BCUT2D eigenvalue weighted by Crippen LogP contribution is 2.28. The van der Waals surface area contributed by atoms with Gasteiger partial charge in [-0.15, -0.1) is 0 Å². The minimum absolute atomic E-state index is 0.968. The summed E-state index contributed by atoms with van der Waals surface area (Å²) in [5.41, 5.74) is 5.71. The molecule has 2 nitrogen and oxygen atoms in total. The van der Waals surface area contributed by atoms with E-state index in [0.717, 1.165) is 11.3 Å². The third-order valence-corrected chi connectivity index (χ3v) is 3.68. The summed E-state index contributed by atoms with van der Waals surface area (Å²) in [6.45, 7) is 0. The second kappa shape index (κ2) is 4.91. The molecular weight excluding hydrogens is 256 g/mol. The second-order valence-electron chi connectivity index (χ2n) is 5.02. The average Bonchev–Trinajstić information content (AvgIpc) is 3.04. The van der Waals surface area contributed by atoms with Crippen molar-refractivity contribution >= 4 is 5.65 Å². The summed E-state index contributed by atoms with van der Waals surface area (Å²) in [6.07, 6.45) is 3.85. The average molecular weight is 270 g/mol. The summed E-state index contributed by atoms with van der Waals surface area (Å²) in [6, 6.07) is 25.2. The molecule has 0 saturated carbocycles. The molecule has 0 spiro atoms. The van der Waals surface area contributed by atoms with Crippen molar-refractivity contribution in [3.63, 3.8) is 0 Å². The van der Waals surface area contributed by atoms with Gasteiger partial charge in [0, 0.05) is 12.4 Å². The molecule has 4 rings (SSSR count). The standard InChI is InChI=1S/C19H14N2/c1-3-7-15(8-4-1)17-13-18(16-9-5-2-6-10-16)21-12-11-20-19(21)14-17/h1-14H. The zero-order valence-electron chi connectivity index (χ0n) is 11.5. The van der Waals surface area contributed by atoms with E-state index in [2.05, 4.69) is 70.0 Å². The van der Waals surface area contributed by atoms with Gasteiger partial charge in [-0.05, 0) is 28.8 Å². The zero-order valence-corrected chi connectivity index (χ0v) is 11.5. The van der Waals surface area contributed by atoms with Gasteiger partial charge in [0.15, 0.2) is 0 Å². The van der Waals surface area contributed by atoms with E-state index in [4.69, 9.17) is 0 Å². The molecule has 4 aromatic rings. The Morgan fingerprint density at radius 1 is 0.667 bits per heavy atom. The largest absolute Gasteiger partial charge is 0.300 e. The summed E-state index contributed by atoms with van der Waals surface area (Å²) in [7, 11) is 0. The third-order valence-electron chi connectivity index (χ3n) is 3.68. The highest BCUT2D eigenvalue weighted by atomic mass is 15.0. The molecule has 0 N–H and O–H groups in total. The number of hydrogen-bond acceptors (Lipinski definition) is 1. The first-order valence-electron chi connectivity index (χ1n) is 7.00. The molecule has 0 fully saturated rings. The number of aromatic nitrogens is 2. The molecule has 21 heavy (non-hydrogen) atoms. The molecule has 0 amide bonds. The fourth-order valence-corrected chi connectivity index (χ4v) is 2.65. The molecule has 0 aliphatic carbocycles. The van der Waals surface area contributed by atoms with Gasteiger partial charge in [-0.2, -0.15) is 0 Å². The molecule has 0 saturated heterocycles. The Kier molecular flexibility index (Phi) is 2.79. The Labute approximate surface area is 123 Å². The molecule has 0 aliphatic rings. The summed E-state index contributed by atoms with van der Waals surface area (Å²) in [5.74, 6) is 0. The SMILES string of the molecule is c1ccc(-c2cc(-c3ccccc3)n3ccnc3c2)cc1. The Hall–Kier alpha value is -2.87.